The summed E-state index contributed by atoms with van der Waals surface area (Å²) in [5, 5.41) is 12.7. The number of nitrogens with zero attached hydrogens (tertiary/aromatic N) is 1. The van der Waals surface area contributed by atoms with E-state index >= 15 is 0 Å². The maximum Gasteiger partial charge on any atom is 0.129 e. The van der Waals surface area contributed by atoms with E-state index in [1.54, 1.807) is 6.20 Å². The van der Waals surface area contributed by atoms with Crippen LogP contribution < -0.4 is 11.1 Å². The van der Waals surface area contributed by atoms with Gasteiger partial charge in [0.25, 0.3) is 0 Å². The van der Waals surface area contributed by atoms with Gasteiger partial charge in [-0.25, -0.2) is 4.98 Å². The van der Waals surface area contributed by atoms with Crippen LogP contribution in [-0.4, -0.2) is 22.7 Å². The molecule has 0 aromatic carbocycles. The second kappa shape index (κ2) is 4.70. The normalized spacial score (nSPS) is 24.6. The zero-order valence-electron chi connectivity index (χ0n) is 9.61. The molecule has 0 spiro atoms. The molecule has 16 heavy (non-hydrogen) atoms. The highest BCUT2D eigenvalue weighted by Crippen LogP contribution is 2.28. The minimum atomic E-state index is 0.256. The molecule has 1 aromatic heterocycles. The Labute approximate surface area is 95.9 Å². The van der Waals surface area contributed by atoms with Gasteiger partial charge in [0, 0.05) is 18.6 Å². The van der Waals surface area contributed by atoms with Gasteiger partial charge in [-0.05, 0) is 31.4 Å². The first kappa shape index (κ1) is 11.2. The van der Waals surface area contributed by atoms with Crippen molar-refractivity contribution in [2.45, 2.75) is 32.2 Å². The molecule has 4 N–H and O–H groups in total. The third-order valence-corrected chi connectivity index (χ3v) is 3.32. The Bertz CT molecular complexity index is 367. The Morgan fingerprint density at radius 2 is 2.38 bits per heavy atom. The number of aliphatic hydroxyl groups is 1. The Morgan fingerprint density at radius 1 is 1.56 bits per heavy atom. The monoisotopic (exact) mass is 221 g/mol. The van der Waals surface area contributed by atoms with Gasteiger partial charge in [-0.15, -0.1) is 0 Å². The van der Waals surface area contributed by atoms with Crippen LogP contribution in [-0.2, 0) is 0 Å². The molecule has 1 aliphatic carbocycles. The van der Waals surface area contributed by atoms with Gasteiger partial charge in [0.05, 0.1) is 11.9 Å². The van der Waals surface area contributed by atoms with E-state index in [9.17, 15) is 5.11 Å². The molecule has 4 nitrogen and oxygen atoms in total. The van der Waals surface area contributed by atoms with Crippen molar-refractivity contribution < 1.29 is 5.11 Å². The largest absolute Gasteiger partial charge is 0.397 e. The van der Waals surface area contributed by atoms with Crippen LogP contribution in [0.2, 0.25) is 0 Å². The number of hydrogen-bond acceptors (Lipinski definition) is 4. The summed E-state index contributed by atoms with van der Waals surface area (Å²) in [6, 6.07) is 2.26. The molecule has 4 heteroatoms. The number of aromatic nitrogens is 1. The molecule has 0 radical (unpaired) electrons. The van der Waals surface area contributed by atoms with Gasteiger partial charge in [-0.1, -0.05) is 6.42 Å². The molecule has 2 unspecified atom stereocenters. The predicted octanol–water partition coefficient (Wildman–Crippen LogP) is 1.55. The molecule has 2 atom stereocenters. The number of aryl methyl sites for hydroxylation is 1. The van der Waals surface area contributed by atoms with Gasteiger partial charge >= 0.3 is 0 Å². The summed E-state index contributed by atoms with van der Waals surface area (Å²) in [4.78, 5) is 4.29. The Kier molecular flexibility index (Phi) is 3.29. The Hall–Kier alpha value is -1.29. The van der Waals surface area contributed by atoms with Gasteiger partial charge in [0.15, 0.2) is 0 Å². The number of rotatable bonds is 3. The summed E-state index contributed by atoms with van der Waals surface area (Å²) in [5.74, 6) is 1.25. The number of nitrogen functional groups attached to an aromatic ring is 1. The number of nitrogens with two attached hydrogens (primary N) is 1. The average molecular weight is 221 g/mol. The van der Waals surface area contributed by atoms with Gasteiger partial charge in [-0.3, -0.25) is 0 Å². The minimum absolute atomic E-state index is 0.256. The SMILES string of the molecule is Cc1cc(N)cnc1NC1CCCC1CO. The fourth-order valence-electron chi connectivity index (χ4n) is 2.37. The van der Waals surface area contributed by atoms with Gasteiger partial charge in [0.1, 0.15) is 5.82 Å². The van der Waals surface area contributed by atoms with Crippen LogP contribution in [0.5, 0.6) is 0 Å². The lowest BCUT2D eigenvalue weighted by molar-refractivity contribution is 0.222. The minimum Gasteiger partial charge on any atom is -0.397 e. The number of aliphatic hydroxyl groups excluding tert-OH is 1. The van der Waals surface area contributed by atoms with Crippen LogP contribution in [0, 0.1) is 12.8 Å². The van der Waals surface area contributed by atoms with E-state index in [4.69, 9.17) is 5.73 Å². The third kappa shape index (κ3) is 2.27. The lowest BCUT2D eigenvalue weighted by Crippen LogP contribution is -2.27. The second-order valence-electron chi connectivity index (χ2n) is 4.56. The van der Waals surface area contributed by atoms with E-state index in [-0.39, 0.29) is 6.61 Å². The van der Waals surface area contributed by atoms with Crippen molar-refractivity contribution in [1.82, 2.24) is 4.98 Å². The van der Waals surface area contributed by atoms with Crippen molar-refractivity contribution in [2.75, 3.05) is 17.7 Å². The van der Waals surface area contributed by atoms with E-state index in [2.05, 4.69) is 10.3 Å². The number of nitrogens with one attached hydrogen (secondary N) is 1. The van der Waals surface area contributed by atoms with Crippen LogP contribution in [0.25, 0.3) is 0 Å². The van der Waals surface area contributed by atoms with Crippen molar-refractivity contribution >= 4 is 11.5 Å². The number of anilines is 2. The smallest absolute Gasteiger partial charge is 0.129 e. The predicted molar refractivity (Wildman–Crippen MR) is 65.2 cm³/mol. The zero-order valence-corrected chi connectivity index (χ0v) is 9.61. The average Bonchev–Trinajstić information content (AvgIpc) is 2.69. The maximum absolute atomic E-state index is 9.25. The molecular formula is C12H19N3O. The highest BCUT2D eigenvalue weighted by molar-refractivity contribution is 5.51. The highest BCUT2D eigenvalue weighted by atomic mass is 16.3. The van der Waals surface area contributed by atoms with Gasteiger partial charge in [0.2, 0.25) is 0 Å². The second-order valence-corrected chi connectivity index (χ2v) is 4.56. The quantitative estimate of drug-likeness (QED) is 0.724. The molecule has 1 aromatic rings. The lowest BCUT2D eigenvalue weighted by Gasteiger charge is -2.20. The van der Waals surface area contributed by atoms with E-state index < -0.39 is 0 Å². The summed E-state index contributed by atoms with van der Waals surface area (Å²) in [6.45, 7) is 2.25. The molecule has 0 saturated heterocycles. The molecule has 88 valence electrons. The molecule has 0 bridgehead atoms. The molecule has 1 aliphatic rings. The molecule has 1 fully saturated rings. The fourth-order valence-corrected chi connectivity index (χ4v) is 2.37. The number of hydrogen-bond donors (Lipinski definition) is 3. The Balaban J connectivity index is 2.08. The van der Waals surface area contributed by atoms with Gasteiger partial charge < -0.3 is 16.2 Å². The van der Waals surface area contributed by atoms with Crippen molar-refractivity contribution in [3.63, 3.8) is 0 Å². The summed E-state index contributed by atoms with van der Waals surface area (Å²) < 4.78 is 0. The molecule has 2 rings (SSSR count). The summed E-state index contributed by atoms with van der Waals surface area (Å²) in [7, 11) is 0. The first-order valence-corrected chi connectivity index (χ1v) is 5.80. The number of pyridine rings is 1. The maximum atomic E-state index is 9.25. The van der Waals surface area contributed by atoms with Crippen LogP contribution in [0.1, 0.15) is 24.8 Å². The summed E-state index contributed by atoms with van der Waals surface area (Å²) >= 11 is 0. The molecule has 0 amide bonds. The van der Waals surface area contributed by atoms with E-state index in [0.29, 0.717) is 17.6 Å². The zero-order chi connectivity index (χ0) is 11.5. The molecule has 0 aliphatic heterocycles. The van der Waals surface area contributed by atoms with Crippen LogP contribution in [0.15, 0.2) is 12.3 Å². The molecular weight excluding hydrogens is 202 g/mol. The Morgan fingerprint density at radius 3 is 3.06 bits per heavy atom. The van der Waals surface area contributed by atoms with Crippen LogP contribution in [0.4, 0.5) is 11.5 Å². The fraction of sp³-hybridized carbons (Fsp3) is 0.583. The van der Waals surface area contributed by atoms with Crippen LogP contribution >= 0.6 is 0 Å². The topological polar surface area (TPSA) is 71.2 Å². The van der Waals surface area contributed by atoms with Crippen LogP contribution in [0.3, 0.4) is 0 Å². The standard InChI is InChI=1S/C12H19N3O/c1-8-5-10(13)6-14-12(8)15-11-4-2-3-9(11)7-16/h5-6,9,11,16H,2-4,7,13H2,1H3,(H,14,15). The molecule has 1 saturated carbocycles. The van der Waals surface area contributed by atoms with Gasteiger partial charge in [-0.2, -0.15) is 0 Å². The van der Waals surface area contributed by atoms with E-state index in [0.717, 1.165) is 24.2 Å². The first-order chi connectivity index (χ1) is 7.70. The first-order valence-electron chi connectivity index (χ1n) is 5.80. The third-order valence-electron chi connectivity index (χ3n) is 3.32. The van der Waals surface area contributed by atoms with E-state index in [1.807, 2.05) is 13.0 Å². The highest BCUT2D eigenvalue weighted by Gasteiger charge is 2.26. The summed E-state index contributed by atoms with van der Waals surface area (Å²) in [5.41, 5.74) is 7.41. The lowest BCUT2D eigenvalue weighted by atomic mass is 10.0. The van der Waals surface area contributed by atoms with E-state index in [1.165, 1.54) is 6.42 Å². The summed E-state index contributed by atoms with van der Waals surface area (Å²) in [6.07, 6.45) is 5.05. The molecule has 1 heterocycles. The van der Waals surface area contributed by atoms with Crippen molar-refractivity contribution in [3.05, 3.63) is 17.8 Å². The van der Waals surface area contributed by atoms with Crippen molar-refractivity contribution in [3.8, 4) is 0 Å². The van der Waals surface area contributed by atoms with Crippen molar-refractivity contribution in [2.24, 2.45) is 5.92 Å². The van der Waals surface area contributed by atoms with Crippen molar-refractivity contribution in [1.29, 1.82) is 0 Å².